The van der Waals surface area contributed by atoms with Gasteiger partial charge in [0.1, 0.15) is 6.26 Å². The summed E-state index contributed by atoms with van der Waals surface area (Å²) in [6.07, 6.45) is 4.57. The van der Waals surface area contributed by atoms with E-state index >= 15 is 0 Å². The number of nitrogens with zero attached hydrogens (tertiary/aromatic N) is 1. The molecule has 1 saturated carbocycles. The number of hydrogen-bond donors (Lipinski definition) is 0. The van der Waals surface area contributed by atoms with E-state index in [0.29, 0.717) is 12.2 Å². The van der Waals surface area contributed by atoms with Crippen LogP contribution in [0.25, 0.3) is 0 Å². The first-order chi connectivity index (χ1) is 4.90. The Kier molecular flexibility index (Phi) is 1.09. The van der Waals surface area contributed by atoms with E-state index in [0.717, 1.165) is 5.69 Å². The monoisotopic (exact) mass is 137 g/mol. The van der Waals surface area contributed by atoms with E-state index in [9.17, 15) is 4.79 Å². The Morgan fingerprint density at radius 1 is 1.70 bits per heavy atom. The molecule has 0 unspecified atom stereocenters. The number of aromatic nitrogens is 1. The molecule has 0 aromatic carbocycles. The molecule has 1 aliphatic carbocycles. The second kappa shape index (κ2) is 1.94. The molecule has 0 saturated heterocycles. The normalized spacial score (nSPS) is 17.2. The highest BCUT2D eigenvalue weighted by Crippen LogP contribution is 2.39. The van der Waals surface area contributed by atoms with Gasteiger partial charge in [-0.3, -0.25) is 4.79 Å². The maximum atomic E-state index is 10.1. The van der Waals surface area contributed by atoms with Gasteiger partial charge in [0.2, 0.25) is 6.29 Å². The average Bonchev–Trinajstić information content (AvgIpc) is 2.70. The van der Waals surface area contributed by atoms with Gasteiger partial charge in [0.25, 0.3) is 5.89 Å². The van der Waals surface area contributed by atoms with E-state index in [2.05, 4.69) is 4.98 Å². The molecule has 0 N–H and O–H groups in total. The Morgan fingerprint density at radius 2 is 2.50 bits per heavy atom. The molecule has 3 heteroatoms. The van der Waals surface area contributed by atoms with E-state index in [1.807, 2.05) is 0 Å². The van der Waals surface area contributed by atoms with Crippen LogP contribution >= 0.6 is 0 Å². The summed E-state index contributed by atoms with van der Waals surface area (Å²) in [5, 5.41) is 0. The molecule has 0 radical (unpaired) electrons. The highest BCUT2D eigenvalue weighted by Gasteiger charge is 2.26. The largest absolute Gasteiger partial charge is 0.442 e. The fourth-order valence-electron chi connectivity index (χ4n) is 0.921. The van der Waals surface area contributed by atoms with Gasteiger partial charge in [0.15, 0.2) is 0 Å². The van der Waals surface area contributed by atoms with Crippen molar-refractivity contribution < 1.29 is 9.21 Å². The molecule has 0 bridgehead atoms. The Labute approximate surface area is 58.1 Å². The van der Waals surface area contributed by atoms with Crippen LogP contribution in [0.5, 0.6) is 0 Å². The quantitative estimate of drug-likeness (QED) is 0.578. The number of rotatable bonds is 2. The summed E-state index contributed by atoms with van der Waals surface area (Å²) in [5.74, 6) is 0.763. The van der Waals surface area contributed by atoms with Gasteiger partial charge < -0.3 is 4.42 Å². The highest BCUT2D eigenvalue weighted by molar-refractivity contribution is 5.67. The van der Waals surface area contributed by atoms with Crippen molar-refractivity contribution >= 4 is 6.29 Å². The number of carbonyl (C=O) groups is 1. The molecule has 1 fully saturated rings. The van der Waals surface area contributed by atoms with Gasteiger partial charge >= 0.3 is 0 Å². The zero-order chi connectivity index (χ0) is 6.97. The number of carbonyl (C=O) groups excluding carboxylic acids is 1. The van der Waals surface area contributed by atoms with Crippen molar-refractivity contribution in [3.05, 3.63) is 17.8 Å². The van der Waals surface area contributed by atoms with Crippen molar-refractivity contribution in [2.24, 2.45) is 0 Å². The van der Waals surface area contributed by atoms with Gasteiger partial charge in [-0.05, 0) is 12.8 Å². The molecule has 2 rings (SSSR count). The van der Waals surface area contributed by atoms with E-state index in [1.165, 1.54) is 12.8 Å². The van der Waals surface area contributed by atoms with Crippen LogP contribution in [0.1, 0.15) is 35.1 Å². The summed E-state index contributed by atoms with van der Waals surface area (Å²) in [6, 6.07) is 0. The zero-order valence-corrected chi connectivity index (χ0v) is 5.41. The molecule has 0 atom stereocenters. The SMILES string of the molecule is O=Cc1nc(C2CC2)co1. The first-order valence-electron chi connectivity index (χ1n) is 3.31. The highest BCUT2D eigenvalue weighted by atomic mass is 16.3. The van der Waals surface area contributed by atoms with Crippen molar-refractivity contribution in [2.45, 2.75) is 18.8 Å². The summed E-state index contributed by atoms with van der Waals surface area (Å²) in [6.45, 7) is 0. The molecule has 10 heavy (non-hydrogen) atoms. The van der Waals surface area contributed by atoms with Crippen molar-refractivity contribution in [1.82, 2.24) is 4.98 Å². The molecular formula is C7H7NO2. The van der Waals surface area contributed by atoms with E-state index in [1.54, 1.807) is 6.26 Å². The molecule has 0 amide bonds. The summed E-state index contributed by atoms with van der Waals surface area (Å²) >= 11 is 0. The van der Waals surface area contributed by atoms with Gasteiger partial charge in [-0.2, -0.15) is 0 Å². The fourth-order valence-corrected chi connectivity index (χ4v) is 0.921. The second-order valence-electron chi connectivity index (χ2n) is 2.50. The lowest BCUT2D eigenvalue weighted by Crippen LogP contribution is -1.80. The van der Waals surface area contributed by atoms with Crippen molar-refractivity contribution in [1.29, 1.82) is 0 Å². The minimum atomic E-state index is 0.196. The van der Waals surface area contributed by atoms with Crippen LogP contribution in [0.4, 0.5) is 0 Å². The number of aldehydes is 1. The van der Waals surface area contributed by atoms with Crippen molar-refractivity contribution in [2.75, 3.05) is 0 Å². The smallest absolute Gasteiger partial charge is 0.259 e. The molecule has 1 heterocycles. The molecule has 0 aliphatic heterocycles. The molecule has 3 nitrogen and oxygen atoms in total. The first kappa shape index (κ1) is 5.65. The average molecular weight is 137 g/mol. The lowest BCUT2D eigenvalue weighted by atomic mass is 10.3. The van der Waals surface area contributed by atoms with E-state index < -0.39 is 0 Å². The van der Waals surface area contributed by atoms with Crippen LogP contribution < -0.4 is 0 Å². The standard InChI is InChI=1S/C7H7NO2/c9-3-7-8-6(4-10-7)5-1-2-5/h3-5H,1-2H2. The zero-order valence-electron chi connectivity index (χ0n) is 5.41. The topological polar surface area (TPSA) is 43.1 Å². The van der Waals surface area contributed by atoms with E-state index in [-0.39, 0.29) is 5.89 Å². The van der Waals surface area contributed by atoms with Crippen LogP contribution in [-0.2, 0) is 0 Å². The van der Waals surface area contributed by atoms with Gasteiger partial charge in [-0.25, -0.2) is 4.98 Å². The molecule has 1 aliphatic rings. The summed E-state index contributed by atoms with van der Waals surface area (Å²) < 4.78 is 4.84. The van der Waals surface area contributed by atoms with Gasteiger partial charge in [0.05, 0.1) is 5.69 Å². The number of oxazole rings is 1. The van der Waals surface area contributed by atoms with Crippen LogP contribution in [0.2, 0.25) is 0 Å². The lowest BCUT2D eigenvalue weighted by Gasteiger charge is -1.79. The van der Waals surface area contributed by atoms with Crippen LogP contribution in [0, 0.1) is 0 Å². The first-order valence-corrected chi connectivity index (χ1v) is 3.31. The summed E-state index contributed by atoms with van der Waals surface area (Å²) in [4.78, 5) is 14.1. The third kappa shape index (κ3) is 0.835. The fraction of sp³-hybridized carbons (Fsp3) is 0.429. The molecule has 52 valence electrons. The minimum Gasteiger partial charge on any atom is -0.442 e. The Morgan fingerprint density at radius 3 is 3.00 bits per heavy atom. The Balaban J connectivity index is 2.26. The van der Waals surface area contributed by atoms with Gasteiger partial charge in [-0.15, -0.1) is 0 Å². The van der Waals surface area contributed by atoms with Gasteiger partial charge in [-0.1, -0.05) is 0 Å². The maximum absolute atomic E-state index is 10.1. The number of hydrogen-bond acceptors (Lipinski definition) is 3. The predicted molar refractivity (Wildman–Crippen MR) is 33.9 cm³/mol. The molecular weight excluding hydrogens is 130 g/mol. The van der Waals surface area contributed by atoms with E-state index in [4.69, 9.17) is 4.42 Å². The molecule has 0 spiro atoms. The van der Waals surface area contributed by atoms with Crippen LogP contribution in [0.3, 0.4) is 0 Å². The minimum absolute atomic E-state index is 0.196. The summed E-state index contributed by atoms with van der Waals surface area (Å²) in [7, 11) is 0. The van der Waals surface area contributed by atoms with Crippen LogP contribution in [0.15, 0.2) is 10.7 Å². The Bertz CT molecular complexity index is 250. The van der Waals surface area contributed by atoms with Crippen molar-refractivity contribution in [3.63, 3.8) is 0 Å². The third-order valence-corrected chi connectivity index (χ3v) is 1.64. The molecule has 1 aromatic heterocycles. The third-order valence-electron chi connectivity index (χ3n) is 1.64. The molecule has 1 aromatic rings. The predicted octanol–water partition coefficient (Wildman–Crippen LogP) is 1.36. The second-order valence-corrected chi connectivity index (χ2v) is 2.50. The lowest BCUT2D eigenvalue weighted by molar-refractivity contribution is 0.109. The summed E-state index contributed by atoms with van der Waals surface area (Å²) in [5.41, 5.74) is 0.933. The van der Waals surface area contributed by atoms with Crippen LogP contribution in [-0.4, -0.2) is 11.3 Å². The van der Waals surface area contributed by atoms with Crippen molar-refractivity contribution in [3.8, 4) is 0 Å². The Hall–Kier alpha value is -1.12. The maximum Gasteiger partial charge on any atom is 0.259 e. The van der Waals surface area contributed by atoms with Gasteiger partial charge in [0, 0.05) is 5.92 Å².